The summed E-state index contributed by atoms with van der Waals surface area (Å²) in [5.41, 5.74) is 3.46. The van der Waals surface area contributed by atoms with Gasteiger partial charge in [0.2, 0.25) is 5.88 Å². The first kappa shape index (κ1) is 15.7. The second-order valence-electron chi connectivity index (χ2n) is 6.01. The first-order chi connectivity index (χ1) is 12.2. The van der Waals surface area contributed by atoms with Crippen molar-refractivity contribution in [2.24, 2.45) is 0 Å². The van der Waals surface area contributed by atoms with Crippen molar-refractivity contribution in [1.82, 2.24) is 24.3 Å². The molecule has 0 spiro atoms. The van der Waals surface area contributed by atoms with Crippen molar-refractivity contribution < 1.29 is 4.74 Å². The smallest absolute Gasteiger partial charge is 0.258 e. The van der Waals surface area contributed by atoms with E-state index in [-0.39, 0.29) is 5.56 Å². The molecule has 25 heavy (non-hydrogen) atoms. The van der Waals surface area contributed by atoms with Crippen LogP contribution in [0.15, 0.2) is 41.6 Å². The van der Waals surface area contributed by atoms with Gasteiger partial charge in [-0.15, -0.1) is 0 Å². The van der Waals surface area contributed by atoms with Crippen LogP contribution in [0.4, 0.5) is 0 Å². The molecule has 128 valence electrons. The lowest BCUT2D eigenvalue weighted by Crippen LogP contribution is -2.32. The Balaban J connectivity index is 1.60. The van der Waals surface area contributed by atoms with Gasteiger partial charge in [-0.3, -0.25) is 14.1 Å². The predicted octanol–water partition coefficient (Wildman–Crippen LogP) is 1.44. The Morgan fingerprint density at radius 1 is 1.28 bits per heavy atom. The van der Waals surface area contributed by atoms with Crippen LogP contribution in [0.2, 0.25) is 0 Å². The Labute approximate surface area is 144 Å². The molecule has 7 heteroatoms. The highest BCUT2D eigenvalue weighted by atomic mass is 16.5. The number of fused-ring (bicyclic) bond motifs is 2. The average Bonchev–Trinajstić information content (AvgIpc) is 2.62. The van der Waals surface area contributed by atoms with Crippen LogP contribution < -0.4 is 10.3 Å². The molecule has 0 aliphatic carbocycles. The summed E-state index contributed by atoms with van der Waals surface area (Å²) in [5.74, 6) is 0.656. The SMILES string of the molecule is CCOc1ncnc2c1CN(Cc1cc(=O)n3ccccc3n1)CC2. The lowest BCUT2D eigenvalue weighted by atomic mass is 10.1. The van der Waals surface area contributed by atoms with Crippen molar-refractivity contribution in [2.45, 2.75) is 26.4 Å². The highest BCUT2D eigenvalue weighted by Crippen LogP contribution is 2.25. The molecule has 1 aliphatic rings. The summed E-state index contributed by atoms with van der Waals surface area (Å²) in [5, 5.41) is 0. The molecular weight excluding hydrogens is 318 g/mol. The molecule has 0 radical (unpaired) electrons. The fourth-order valence-corrected chi connectivity index (χ4v) is 3.18. The van der Waals surface area contributed by atoms with Crippen LogP contribution in [0.1, 0.15) is 23.9 Å². The molecular formula is C18H19N5O2. The molecule has 0 bridgehead atoms. The van der Waals surface area contributed by atoms with Crippen molar-refractivity contribution in [3.8, 4) is 5.88 Å². The van der Waals surface area contributed by atoms with Gasteiger partial charge in [-0.25, -0.2) is 15.0 Å². The summed E-state index contributed by atoms with van der Waals surface area (Å²) in [6.07, 6.45) is 4.13. The number of ether oxygens (including phenoxy) is 1. The van der Waals surface area contributed by atoms with Crippen molar-refractivity contribution in [3.05, 3.63) is 64.1 Å². The van der Waals surface area contributed by atoms with E-state index in [0.717, 1.165) is 29.9 Å². The molecule has 1 aliphatic heterocycles. The maximum atomic E-state index is 12.2. The maximum Gasteiger partial charge on any atom is 0.258 e. The van der Waals surface area contributed by atoms with E-state index in [2.05, 4.69) is 19.9 Å². The number of pyridine rings is 1. The van der Waals surface area contributed by atoms with Gasteiger partial charge in [0.25, 0.3) is 5.56 Å². The minimum Gasteiger partial charge on any atom is -0.478 e. The lowest BCUT2D eigenvalue weighted by molar-refractivity contribution is 0.229. The zero-order chi connectivity index (χ0) is 17.2. The van der Waals surface area contributed by atoms with E-state index >= 15 is 0 Å². The molecule has 0 saturated carbocycles. The zero-order valence-corrected chi connectivity index (χ0v) is 14.1. The van der Waals surface area contributed by atoms with E-state index in [1.54, 1.807) is 23.0 Å². The number of aromatic nitrogens is 4. The van der Waals surface area contributed by atoms with Gasteiger partial charge in [-0.2, -0.15) is 0 Å². The zero-order valence-electron chi connectivity index (χ0n) is 14.1. The molecule has 0 N–H and O–H groups in total. The lowest BCUT2D eigenvalue weighted by Gasteiger charge is -2.28. The van der Waals surface area contributed by atoms with Gasteiger partial charge in [-0.05, 0) is 19.1 Å². The van der Waals surface area contributed by atoms with E-state index in [4.69, 9.17) is 4.74 Å². The van der Waals surface area contributed by atoms with Crippen molar-refractivity contribution in [2.75, 3.05) is 13.2 Å². The standard InChI is InChI=1S/C18H19N5O2/c1-2-25-18-14-11-22(8-6-15(14)19-12-20-18)10-13-9-17(24)23-7-4-3-5-16(23)21-13/h3-5,7,9,12H,2,6,8,10-11H2,1H3. The van der Waals surface area contributed by atoms with Crippen LogP contribution in [0.25, 0.3) is 5.65 Å². The van der Waals surface area contributed by atoms with Gasteiger partial charge >= 0.3 is 0 Å². The molecule has 0 amide bonds. The minimum atomic E-state index is -0.0589. The Kier molecular flexibility index (Phi) is 4.15. The van der Waals surface area contributed by atoms with Gasteiger partial charge < -0.3 is 4.74 Å². The third kappa shape index (κ3) is 3.10. The van der Waals surface area contributed by atoms with Gasteiger partial charge in [0, 0.05) is 43.9 Å². The van der Waals surface area contributed by atoms with Gasteiger partial charge in [-0.1, -0.05) is 6.07 Å². The average molecular weight is 337 g/mol. The minimum absolute atomic E-state index is 0.0589. The molecule has 0 aromatic carbocycles. The van der Waals surface area contributed by atoms with Gasteiger partial charge in [0.05, 0.1) is 18.0 Å². The monoisotopic (exact) mass is 337 g/mol. The summed E-state index contributed by atoms with van der Waals surface area (Å²) in [4.78, 5) is 27.7. The van der Waals surface area contributed by atoms with Crippen LogP contribution >= 0.6 is 0 Å². The van der Waals surface area contributed by atoms with E-state index in [1.807, 2.05) is 25.1 Å². The fraction of sp³-hybridized carbons (Fsp3) is 0.333. The van der Waals surface area contributed by atoms with Gasteiger partial charge in [0.1, 0.15) is 12.0 Å². The summed E-state index contributed by atoms with van der Waals surface area (Å²) in [6, 6.07) is 7.16. The van der Waals surface area contributed by atoms with Crippen LogP contribution in [-0.4, -0.2) is 37.4 Å². The third-order valence-corrected chi connectivity index (χ3v) is 4.33. The molecule has 7 nitrogen and oxygen atoms in total. The van der Waals surface area contributed by atoms with E-state index < -0.39 is 0 Å². The number of nitrogens with zero attached hydrogens (tertiary/aromatic N) is 5. The Hall–Kier alpha value is -2.80. The van der Waals surface area contributed by atoms with Crippen LogP contribution in [0.3, 0.4) is 0 Å². The molecule has 0 atom stereocenters. The molecule has 0 unspecified atom stereocenters. The van der Waals surface area contributed by atoms with E-state index in [1.165, 1.54) is 0 Å². The number of rotatable bonds is 4. The fourth-order valence-electron chi connectivity index (χ4n) is 3.18. The predicted molar refractivity (Wildman–Crippen MR) is 92.5 cm³/mol. The Morgan fingerprint density at radius 2 is 2.20 bits per heavy atom. The van der Waals surface area contributed by atoms with Crippen LogP contribution in [0, 0.1) is 0 Å². The summed E-state index contributed by atoms with van der Waals surface area (Å²) >= 11 is 0. The van der Waals surface area contributed by atoms with Crippen LogP contribution in [-0.2, 0) is 19.5 Å². The van der Waals surface area contributed by atoms with Gasteiger partial charge in [0.15, 0.2) is 0 Å². The summed E-state index contributed by atoms with van der Waals surface area (Å²) in [7, 11) is 0. The first-order valence-corrected chi connectivity index (χ1v) is 8.40. The Bertz CT molecular complexity index is 969. The summed E-state index contributed by atoms with van der Waals surface area (Å²) < 4.78 is 7.18. The van der Waals surface area contributed by atoms with Crippen molar-refractivity contribution >= 4 is 5.65 Å². The highest BCUT2D eigenvalue weighted by Gasteiger charge is 2.22. The number of hydrogen-bond acceptors (Lipinski definition) is 6. The highest BCUT2D eigenvalue weighted by molar-refractivity contribution is 5.38. The third-order valence-electron chi connectivity index (χ3n) is 4.33. The normalized spacial score (nSPS) is 14.4. The maximum absolute atomic E-state index is 12.2. The second kappa shape index (κ2) is 6.60. The molecule has 0 fully saturated rings. The van der Waals surface area contributed by atoms with Crippen LogP contribution in [0.5, 0.6) is 5.88 Å². The van der Waals surface area contributed by atoms with Crippen molar-refractivity contribution in [3.63, 3.8) is 0 Å². The second-order valence-corrected chi connectivity index (χ2v) is 6.01. The summed E-state index contributed by atoms with van der Waals surface area (Å²) in [6.45, 7) is 4.70. The topological polar surface area (TPSA) is 72.6 Å². The molecule has 3 aromatic rings. The molecule has 0 saturated heterocycles. The largest absolute Gasteiger partial charge is 0.478 e. The molecule has 3 aromatic heterocycles. The first-order valence-electron chi connectivity index (χ1n) is 8.40. The molecule has 4 rings (SSSR count). The Morgan fingerprint density at radius 3 is 3.08 bits per heavy atom. The quantitative estimate of drug-likeness (QED) is 0.717. The number of hydrogen-bond donors (Lipinski definition) is 0. The molecule has 4 heterocycles. The van der Waals surface area contributed by atoms with E-state index in [9.17, 15) is 4.79 Å². The van der Waals surface area contributed by atoms with Crippen molar-refractivity contribution in [1.29, 1.82) is 0 Å². The van der Waals surface area contributed by atoms with E-state index in [0.29, 0.717) is 31.2 Å².